The summed E-state index contributed by atoms with van der Waals surface area (Å²) >= 11 is 0. The quantitative estimate of drug-likeness (QED) is 0.347. The standard InChI is InChI=1S/C24H26F3N7O/c1-14-10-17(13-23(2,3)12-14)34-20-9-4-15(21-30-32-33-31-21)11-19(20)29-22(34)28-16-5-7-18(8-6-16)35-24(25,26)27/h4-9,11,14,17H,10,12-13H2,1-3H3,(H,28,29)(H,30,31,32,33)/t14-,17-/m1/s1. The van der Waals surface area contributed by atoms with Crippen molar-refractivity contribution < 1.29 is 17.9 Å². The van der Waals surface area contributed by atoms with Crippen LogP contribution in [0.15, 0.2) is 42.5 Å². The maximum absolute atomic E-state index is 12.5. The molecule has 1 fully saturated rings. The van der Waals surface area contributed by atoms with Crippen molar-refractivity contribution in [1.82, 2.24) is 30.2 Å². The lowest BCUT2D eigenvalue weighted by Crippen LogP contribution is -2.29. The van der Waals surface area contributed by atoms with Gasteiger partial charge < -0.3 is 14.6 Å². The van der Waals surface area contributed by atoms with Crippen LogP contribution >= 0.6 is 0 Å². The zero-order valence-electron chi connectivity index (χ0n) is 19.6. The number of fused-ring (bicyclic) bond motifs is 1. The summed E-state index contributed by atoms with van der Waals surface area (Å²) < 4.78 is 43.8. The summed E-state index contributed by atoms with van der Waals surface area (Å²) in [5.41, 5.74) is 3.30. The predicted octanol–water partition coefficient (Wildman–Crippen LogP) is 6.25. The number of aromatic amines is 1. The zero-order valence-corrected chi connectivity index (χ0v) is 19.6. The van der Waals surface area contributed by atoms with Gasteiger partial charge in [-0.1, -0.05) is 20.8 Å². The first-order valence-electron chi connectivity index (χ1n) is 11.4. The first kappa shape index (κ1) is 23.1. The summed E-state index contributed by atoms with van der Waals surface area (Å²) in [4.78, 5) is 4.86. The predicted molar refractivity (Wildman–Crippen MR) is 125 cm³/mol. The van der Waals surface area contributed by atoms with Crippen LogP contribution in [0.3, 0.4) is 0 Å². The van der Waals surface area contributed by atoms with Crippen LogP contribution in [-0.4, -0.2) is 36.5 Å². The normalized spacial score (nSPS) is 20.2. The minimum Gasteiger partial charge on any atom is -0.406 e. The van der Waals surface area contributed by atoms with Crippen molar-refractivity contribution in [3.05, 3.63) is 42.5 Å². The number of rotatable bonds is 5. The number of tetrazole rings is 1. The van der Waals surface area contributed by atoms with Gasteiger partial charge in [0.2, 0.25) is 11.8 Å². The summed E-state index contributed by atoms with van der Waals surface area (Å²) in [6.45, 7) is 6.85. The molecule has 0 unspecified atom stereocenters. The molecule has 2 atom stereocenters. The maximum atomic E-state index is 12.5. The molecule has 2 aromatic carbocycles. The van der Waals surface area contributed by atoms with Gasteiger partial charge in [-0.3, -0.25) is 0 Å². The van der Waals surface area contributed by atoms with E-state index in [0.717, 1.165) is 35.9 Å². The second kappa shape index (κ2) is 8.54. The number of halogens is 3. The third-order valence-electron chi connectivity index (χ3n) is 6.37. The van der Waals surface area contributed by atoms with E-state index in [2.05, 4.69) is 56.0 Å². The summed E-state index contributed by atoms with van der Waals surface area (Å²) in [7, 11) is 0. The SMILES string of the molecule is C[C@@H]1C[C@@H](n2c(Nc3ccc(OC(F)(F)F)cc3)nc3cc(-c4nn[nH]n4)ccc32)CC(C)(C)C1. The molecule has 8 nitrogen and oxygen atoms in total. The molecule has 1 aliphatic rings. The molecule has 2 N–H and O–H groups in total. The van der Waals surface area contributed by atoms with Crippen LogP contribution in [0.5, 0.6) is 5.75 Å². The fourth-order valence-corrected chi connectivity index (χ4v) is 5.34. The number of alkyl halides is 3. The average molecular weight is 486 g/mol. The van der Waals surface area contributed by atoms with Crippen molar-refractivity contribution in [3.63, 3.8) is 0 Å². The smallest absolute Gasteiger partial charge is 0.406 e. The Bertz CT molecular complexity index is 1310. The number of hydrogen-bond acceptors (Lipinski definition) is 6. The van der Waals surface area contributed by atoms with Crippen LogP contribution in [0.25, 0.3) is 22.4 Å². The third kappa shape index (κ3) is 5.08. The fraction of sp³-hybridized carbons (Fsp3) is 0.417. The van der Waals surface area contributed by atoms with E-state index in [4.69, 9.17) is 4.98 Å². The Hall–Kier alpha value is -3.63. The Labute approximate surface area is 199 Å². The van der Waals surface area contributed by atoms with Gasteiger partial charge >= 0.3 is 6.36 Å². The lowest BCUT2D eigenvalue weighted by molar-refractivity contribution is -0.274. The van der Waals surface area contributed by atoms with Crippen molar-refractivity contribution >= 4 is 22.7 Å². The molecule has 11 heteroatoms. The second-order valence-electron chi connectivity index (χ2n) is 10.0. The fourth-order valence-electron chi connectivity index (χ4n) is 5.34. The molecule has 0 aliphatic heterocycles. The Kier molecular flexibility index (Phi) is 5.65. The lowest BCUT2D eigenvalue weighted by Gasteiger charge is -2.40. The van der Waals surface area contributed by atoms with Gasteiger partial charge in [0.05, 0.1) is 11.0 Å². The molecule has 0 saturated heterocycles. The molecule has 0 radical (unpaired) electrons. The number of nitrogens with zero attached hydrogens (tertiary/aromatic N) is 5. The zero-order chi connectivity index (χ0) is 24.8. The van der Waals surface area contributed by atoms with Gasteiger partial charge in [0.15, 0.2) is 0 Å². The average Bonchev–Trinajstić information content (AvgIpc) is 3.40. The van der Waals surface area contributed by atoms with Gasteiger partial charge in [0.1, 0.15) is 5.75 Å². The largest absolute Gasteiger partial charge is 0.573 e. The van der Waals surface area contributed by atoms with E-state index < -0.39 is 6.36 Å². The highest BCUT2D eigenvalue weighted by atomic mass is 19.4. The first-order chi connectivity index (χ1) is 16.6. The summed E-state index contributed by atoms with van der Waals surface area (Å²) in [6, 6.07) is 11.7. The number of imidazole rings is 1. The van der Waals surface area contributed by atoms with E-state index in [1.165, 1.54) is 12.1 Å². The van der Waals surface area contributed by atoms with Crippen molar-refractivity contribution in [1.29, 1.82) is 0 Å². The topological polar surface area (TPSA) is 93.5 Å². The van der Waals surface area contributed by atoms with Crippen LogP contribution in [0.4, 0.5) is 24.8 Å². The summed E-state index contributed by atoms with van der Waals surface area (Å²) in [6.07, 6.45) is -1.58. The van der Waals surface area contributed by atoms with E-state index in [1.807, 2.05) is 18.2 Å². The van der Waals surface area contributed by atoms with Gasteiger partial charge in [-0.25, -0.2) is 4.98 Å². The molecule has 4 aromatic rings. The molecular formula is C24H26F3N7O. The first-order valence-corrected chi connectivity index (χ1v) is 11.4. The van der Waals surface area contributed by atoms with E-state index in [9.17, 15) is 13.2 Å². The van der Waals surface area contributed by atoms with Gasteiger partial charge in [-0.15, -0.1) is 23.4 Å². The number of ether oxygens (including phenoxy) is 1. The van der Waals surface area contributed by atoms with Crippen LogP contribution in [0.1, 0.15) is 46.1 Å². The van der Waals surface area contributed by atoms with Gasteiger partial charge in [-0.05, 0) is 78.3 Å². The van der Waals surface area contributed by atoms with E-state index in [-0.39, 0.29) is 17.2 Å². The van der Waals surface area contributed by atoms with Gasteiger partial charge in [0, 0.05) is 17.3 Å². The minimum atomic E-state index is -4.73. The van der Waals surface area contributed by atoms with Crippen LogP contribution in [0, 0.1) is 11.3 Å². The van der Waals surface area contributed by atoms with Crippen LogP contribution in [0.2, 0.25) is 0 Å². The minimum absolute atomic E-state index is 0.178. The molecule has 2 heterocycles. The second-order valence-corrected chi connectivity index (χ2v) is 10.0. The highest BCUT2D eigenvalue weighted by molar-refractivity contribution is 5.84. The molecule has 0 amide bonds. The Morgan fingerprint density at radius 2 is 1.89 bits per heavy atom. The Morgan fingerprint density at radius 1 is 1.11 bits per heavy atom. The van der Waals surface area contributed by atoms with E-state index in [0.29, 0.717) is 23.4 Å². The highest BCUT2D eigenvalue weighted by Gasteiger charge is 2.35. The number of nitrogens with one attached hydrogen (secondary N) is 2. The van der Waals surface area contributed by atoms with Crippen molar-refractivity contribution in [3.8, 4) is 17.1 Å². The van der Waals surface area contributed by atoms with Crippen LogP contribution < -0.4 is 10.1 Å². The number of aromatic nitrogens is 6. The molecular weight excluding hydrogens is 459 g/mol. The van der Waals surface area contributed by atoms with Crippen molar-refractivity contribution in [2.24, 2.45) is 11.3 Å². The van der Waals surface area contributed by atoms with Gasteiger partial charge in [-0.2, -0.15) is 5.21 Å². The maximum Gasteiger partial charge on any atom is 0.573 e. The van der Waals surface area contributed by atoms with Crippen molar-refractivity contribution in [2.75, 3.05) is 5.32 Å². The van der Waals surface area contributed by atoms with E-state index >= 15 is 0 Å². The van der Waals surface area contributed by atoms with Crippen molar-refractivity contribution in [2.45, 2.75) is 52.4 Å². The molecule has 5 rings (SSSR count). The number of hydrogen-bond donors (Lipinski definition) is 2. The highest BCUT2D eigenvalue weighted by Crippen LogP contribution is 2.46. The lowest BCUT2D eigenvalue weighted by atomic mass is 9.70. The molecule has 1 aliphatic carbocycles. The van der Waals surface area contributed by atoms with Crippen LogP contribution in [-0.2, 0) is 0 Å². The summed E-state index contributed by atoms with van der Waals surface area (Å²) in [5, 5.41) is 17.5. The summed E-state index contributed by atoms with van der Waals surface area (Å²) in [5.74, 6) is 1.38. The molecule has 0 spiro atoms. The number of benzene rings is 2. The monoisotopic (exact) mass is 485 g/mol. The molecule has 35 heavy (non-hydrogen) atoms. The van der Waals surface area contributed by atoms with Gasteiger partial charge in [0.25, 0.3) is 0 Å². The molecule has 2 aromatic heterocycles. The number of anilines is 2. The molecule has 1 saturated carbocycles. The molecule has 184 valence electrons. The Morgan fingerprint density at radius 3 is 2.54 bits per heavy atom. The number of H-pyrrole nitrogens is 1. The molecule has 0 bridgehead atoms. The van der Waals surface area contributed by atoms with E-state index in [1.54, 1.807) is 12.1 Å². The third-order valence-corrected chi connectivity index (χ3v) is 6.37. The Balaban J connectivity index is 1.54.